The molecule has 128 valence electrons. The summed E-state index contributed by atoms with van der Waals surface area (Å²) in [6.07, 6.45) is 4.99. The molecule has 4 rings (SSSR count). The van der Waals surface area contributed by atoms with Gasteiger partial charge in [0.25, 0.3) is 5.91 Å². The molecule has 0 radical (unpaired) electrons. The first-order chi connectivity index (χ1) is 12.2. The van der Waals surface area contributed by atoms with E-state index in [4.69, 9.17) is 0 Å². The zero-order valence-electron chi connectivity index (χ0n) is 14.0. The van der Waals surface area contributed by atoms with E-state index in [1.165, 1.54) is 6.33 Å². The molecule has 1 fully saturated rings. The van der Waals surface area contributed by atoms with E-state index >= 15 is 0 Å². The van der Waals surface area contributed by atoms with Crippen LogP contribution in [-0.2, 0) is 0 Å². The van der Waals surface area contributed by atoms with Crippen molar-refractivity contribution in [3.8, 4) is 5.69 Å². The molecular weight excluding hydrogens is 318 g/mol. The quantitative estimate of drug-likeness (QED) is 0.785. The summed E-state index contributed by atoms with van der Waals surface area (Å²) in [6, 6.07) is 7.47. The number of nitrogens with one attached hydrogen (secondary N) is 1. The van der Waals surface area contributed by atoms with Crippen molar-refractivity contribution in [1.82, 2.24) is 34.8 Å². The highest BCUT2D eigenvalue weighted by atomic mass is 16.2. The van der Waals surface area contributed by atoms with Crippen molar-refractivity contribution in [2.75, 3.05) is 13.1 Å². The van der Waals surface area contributed by atoms with Crippen LogP contribution in [0.25, 0.3) is 5.69 Å². The minimum absolute atomic E-state index is 0.00283. The normalized spacial score (nSPS) is 17.6. The number of para-hydroxylation sites is 1. The van der Waals surface area contributed by atoms with Gasteiger partial charge in [-0.05, 0) is 31.9 Å². The van der Waals surface area contributed by atoms with Gasteiger partial charge in [-0.1, -0.05) is 12.1 Å². The predicted octanol–water partition coefficient (Wildman–Crippen LogP) is 1.71. The van der Waals surface area contributed by atoms with Crippen molar-refractivity contribution < 1.29 is 4.79 Å². The van der Waals surface area contributed by atoms with Crippen molar-refractivity contribution in [2.24, 2.45) is 0 Å². The lowest BCUT2D eigenvalue weighted by Gasteiger charge is -2.32. The van der Waals surface area contributed by atoms with E-state index in [2.05, 4.69) is 25.3 Å². The van der Waals surface area contributed by atoms with E-state index in [0.29, 0.717) is 12.1 Å². The fourth-order valence-electron chi connectivity index (χ4n) is 3.27. The maximum Gasteiger partial charge on any atom is 0.256 e. The van der Waals surface area contributed by atoms with Crippen LogP contribution in [0.15, 0.2) is 36.9 Å². The zero-order valence-corrected chi connectivity index (χ0v) is 14.0. The topological polar surface area (TPSA) is 92.6 Å². The van der Waals surface area contributed by atoms with Crippen LogP contribution < -0.4 is 0 Å². The van der Waals surface area contributed by atoms with Gasteiger partial charge in [0.15, 0.2) is 5.82 Å². The fraction of sp³-hybridized carbons (Fsp3) is 0.353. The minimum atomic E-state index is 0.00283. The van der Waals surface area contributed by atoms with Crippen LogP contribution in [0.2, 0.25) is 0 Å². The summed E-state index contributed by atoms with van der Waals surface area (Å²) in [7, 11) is 0. The molecule has 3 heterocycles. The Hall–Kier alpha value is -3.03. The van der Waals surface area contributed by atoms with Gasteiger partial charge < -0.3 is 4.90 Å². The summed E-state index contributed by atoms with van der Waals surface area (Å²) < 4.78 is 1.62. The molecule has 1 saturated heterocycles. The largest absolute Gasteiger partial charge is 0.338 e. The van der Waals surface area contributed by atoms with Crippen LogP contribution in [0.4, 0.5) is 0 Å². The van der Waals surface area contributed by atoms with Crippen molar-refractivity contribution >= 4 is 5.91 Å². The van der Waals surface area contributed by atoms with E-state index in [1.807, 2.05) is 36.1 Å². The molecule has 25 heavy (non-hydrogen) atoms. The average molecular weight is 337 g/mol. The highest BCUT2D eigenvalue weighted by Crippen LogP contribution is 2.26. The SMILES string of the molecule is Cc1nc([C@H]2CCCN(C(=O)c3ccccc3-n3cncn3)C2)n[nH]1. The second-order valence-electron chi connectivity index (χ2n) is 6.23. The highest BCUT2D eigenvalue weighted by molar-refractivity contribution is 5.97. The first kappa shape index (κ1) is 15.5. The zero-order chi connectivity index (χ0) is 17.2. The summed E-state index contributed by atoms with van der Waals surface area (Å²) >= 11 is 0. The highest BCUT2D eigenvalue weighted by Gasteiger charge is 2.28. The lowest BCUT2D eigenvalue weighted by molar-refractivity contribution is 0.0704. The van der Waals surface area contributed by atoms with Crippen LogP contribution in [-0.4, -0.2) is 53.8 Å². The molecule has 2 aromatic heterocycles. The lowest BCUT2D eigenvalue weighted by Crippen LogP contribution is -2.39. The van der Waals surface area contributed by atoms with Crippen LogP contribution in [0.1, 0.15) is 40.8 Å². The third-order valence-electron chi connectivity index (χ3n) is 4.49. The molecule has 8 nitrogen and oxygen atoms in total. The number of aromatic nitrogens is 6. The molecule has 0 bridgehead atoms. The number of benzene rings is 1. The Morgan fingerprint density at radius 2 is 2.20 bits per heavy atom. The number of carbonyl (C=O) groups is 1. The van der Waals surface area contributed by atoms with Crippen molar-refractivity contribution in [3.05, 3.63) is 54.1 Å². The Morgan fingerprint density at radius 1 is 1.32 bits per heavy atom. The van der Waals surface area contributed by atoms with Crippen LogP contribution >= 0.6 is 0 Å². The third kappa shape index (κ3) is 3.02. The maximum atomic E-state index is 13.1. The number of hydrogen-bond donors (Lipinski definition) is 1. The predicted molar refractivity (Wildman–Crippen MR) is 90.4 cm³/mol. The van der Waals surface area contributed by atoms with E-state index in [0.717, 1.165) is 36.7 Å². The fourth-order valence-corrected chi connectivity index (χ4v) is 3.27. The molecule has 1 aromatic carbocycles. The van der Waals surface area contributed by atoms with Gasteiger partial charge in [-0.2, -0.15) is 10.2 Å². The molecule has 1 aliphatic heterocycles. The van der Waals surface area contributed by atoms with Gasteiger partial charge in [0.1, 0.15) is 18.5 Å². The summed E-state index contributed by atoms with van der Waals surface area (Å²) in [4.78, 5) is 23.4. The Morgan fingerprint density at radius 3 is 2.96 bits per heavy atom. The van der Waals surface area contributed by atoms with Gasteiger partial charge in [-0.25, -0.2) is 14.6 Å². The summed E-state index contributed by atoms with van der Waals surface area (Å²) in [5.74, 6) is 1.76. The van der Waals surface area contributed by atoms with Gasteiger partial charge in [0, 0.05) is 19.0 Å². The van der Waals surface area contributed by atoms with Crippen LogP contribution in [0.3, 0.4) is 0 Å². The molecule has 1 aliphatic rings. The Labute approximate surface area is 144 Å². The van der Waals surface area contributed by atoms with Gasteiger partial charge >= 0.3 is 0 Å². The molecule has 1 N–H and O–H groups in total. The molecule has 0 unspecified atom stereocenters. The van der Waals surface area contributed by atoms with Crippen LogP contribution in [0.5, 0.6) is 0 Å². The number of carbonyl (C=O) groups excluding carboxylic acids is 1. The minimum Gasteiger partial charge on any atom is -0.338 e. The number of hydrogen-bond acceptors (Lipinski definition) is 5. The van der Waals surface area contributed by atoms with Gasteiger partial charge in [0.05, 0.1) is 11.3 Å². The average Bonchev–Trinajstić information content (AvgIpc) is 3.33. The number of rotatable bonds is 3. The van der Waals surface area contributed by atoms with E-state index < -0.39 is 0 Å². The smallest absolute Gasteiger partial charge is 0.256 e. The lowest BCUT2D eigenvalue weighted by atomic mass is 9.96. The van der Waals surface area contributed by atoms with Gasteiger partial charge in [0.2, 0.25) is 0 Å². The number of amides is 1. The van der Waals surface area contributed by atoms with Gasteiger partial charge in [-0.15, -0.1) is 0 Å². The maximum absolute atomic E-state index is 13.1. The summed E-state index contributed by atoms with van der Waals surface area (Å²) in [5, 5.41) is 11.3. The second-order valence-corrected chi connectivity index (χ2v) is 6.23. The molecule has 1 atom stereocenters. The van der Waals surface area contributed by atoms with Crippen molar-refractivity contribution in [1.29, 1.82) is 0 Å². The van der Waals surface area contributed by atoms with Crippen molar-refractivity contribution in [2.45, 2.75) is 25.7 Å². The number of piperidine rings is 1. The number of likely N-dealkylation sites (tertiary alicyclic amines) is 1. The Bertz CT molecular complexity index is 871. The third-order valence-corrected chi connectivity index (χ3v) is 4.49. The van der Waals surface area contributed by atoms with E-state index in [9.17, 15) is 4.79 Å². The molecule has 0 spiro atoms. The Kier molecular flexibility index (Phi) is 4.01. The van der Waals surface area contributed by atoms with E-state index in [1.54, 1.807) is 11.0 Å². The molecular formula is C17H19N7O. The van der Waals surface area contributed by atoms with Crippen molar-refractivity contribution in [3.63, 3.8) is 0 Å². The summed E-state index contributed by atoms with van der Waals surface area (Å²) in [6.45, 7) is 3.25. The standard InChI is InChI=1S/C17H19N7O/c1-12-20-16(22-21-12)13-5-4-8-23(9-13)17(25)14-6-2-3-7-15(14)24-11-18-10-19-24/h2-3,6-7,10-11,13H,4-5,8-9H2,1H3,(H,20,21,22)/t13-/m0/s1. The molecule has 0 saturated carbocycles. The molecule has 1 amide bonds. The number of aryl methyl sites for hydroxylation is 1. The summed E-state index contributed by atoms with van der Waals surface area (Å²) in [5.41, 5.74) is 1.36. The number of H-pyrrole nitrogens is 1. The number of aromatic amines is 1. The Balaban J connectivity index is 1.59. The molecule has 0 aliphatic carbocycles. The first-order valence-corrected chi connectivity index (χ1v) is 8.34. The monoisotopic (exact) mass is 337 g/mol. The first-order valence-electron chi connectivity index (χ1n) is 8.34. The van der Waals surface area contributed by atoms with Gasteiger partial charge in [-0.3, -0.25) is 9.89 Å². The molecule has 8 heteroatoms. The molecule has 3 aromatic rings. The van der Waals surface area contributed by atoms with E-state index in [-0.39, 0.29) is 11.8 Å². The second kappa shape index (κ2) is 6.46. The van der Waals surface area contributed by atoms with Crippen LogP contribution in [0, 0.1) is 6.92 Å². The number of nitrogens with zero attached hydrogens (tertiary/aromatic N) is 6.